The molecule has 2 saturated carbocycles. The molecule has 5 unspecified atom stereocenters. The third kappa shape index (κ3) is 2.88. The summed E-state index contributed by atoms with van der Waals surface area (Å²) in [7, 11) is 0. The first kappa shape index (κ1) is 13.3. The molecule has 3 fully saturated rings. The zero-order valence-corrected chi connectivity index (χ0v) is 12.5. The van der Waals surface area contributed by atoms with Crippen LogP contribution in [0.15, 0.2) is 0 Å². The molecule has 104 valence electrons. The monoisotopic (exact) mass is 268 g/mol. The minimum atomic E-state index is 0.811. The third-order valence-corrected chi connectivity index (χ3v) is 6.45. The maximum absolute atomic E-state index is 4.02. The normalized spacial score (nSPS) is 44.8. The van der Waals surface area contributed by atoms with Crippen LogP contribution in [0.4, 0.5) is 0 Å². The molecule has 18 heavy (non-hydrogen) atoms. The van der Waals surface area contributed by atoms with Gasteiger partial charge in [0.2, 0.25) is 0 Å². The van der Waals surface area contributed by atoms with E-state index in [0.29, 0.717) is 0 Å². The maximum atomic E-state index is 4.02. The molecular formula is C15H28N2S. The number of thioether (sulfide) groups is 1. The molecule has 3 aliphatic rings. The molecule has 3 rings (SSSR count). The quantitative estimate of drug-likeness (QED) is 0.820. The van der Waals surface area contributed by atoms with Gasteiger partial charge in [-0.3, -0.25) is 0 Å². The minimum absolute atomic E-state index is 0.811. The number of hydrogen-bond donors (Lipinski definition) is 2. The average molecular weight is 268 g/mol. The van der Waals surface area contributed by atoms with Crippen LogP contribution in [0.3, 0.4) is 0 Å². The second-order valence-electron chi connectivity index (χ2n) is 6.44. The Morgan fingerprint density at radius 3 is 2.72 bits per heavy atom. The Morgan fingerprint density at radius 1 is 1.06 bits per heavy atom. The summed E-state index contributed by atoms with van der Waals surface area (Å²) < 4.78 is 0. The Morgan fingerprint density at radius 2 is 2.00 bits per heavy atom. The lowest BCUT2D eigenvalue weighted by Crippen LogP contribution is -2.45. The van der Waals surface area contributed by atoms with Gasteiger partial charge in [-0.1, -0.05) is 6.42 Å². The lowest BCUT2D eigenvalue weighted by atomic mass is 9.92. The minimum Gasteiger partial charge on any atom is -0.314 e. The summed E-state index contributed by atoms with van der Waals surface area (Å²) in [6, 6.07) is 2.45. The Hall–Kier alpha value is 0.270. The van der Waals surface area contributed by atoms with E-state index in [2.05, 4.69) is 28.7 Å². The van der Waals surface area contributed by atoms with Crippen molar-refractivity contribution in [3.05, 3.63) is 0 Å². The first-order chi connectivity index (χ1) is 8.86. The predicted octanol–water partition coefficient (Wildman–Crippen LogP) is 2.78. The fourth-order valence-corrected chi connectivity index (χ4v) is 5.16. The zero-order valence-electron chi connectivity index (χ0n) is 11.7. The van der Waals surface area contributed by atoms with Crippen molar-refractivity contribution >= 4 is 11.8 Å². The van der Waals surface area contributed by atoms with Gasteiger partial charge in [-0.2, -0.15) is 11.8 Å². The molecule has 0 radical (unpaired) electrons. The first-order valence-corrected chi connectivity index (χ1v) is 9.18. The Bertz CT molecular complexity index is 265. The second-order valence-corrected chi connectivity index (χ2v) is 7.58. The van der Waals surface area contributed by atoms with Gasteiger partial charge in [-0.15, -0.1) is 0 Å². The van der Waals surface area contributed by atoms with E-state index in [1.165, 1.54) is 57.9 Å². The van der Waals surface area contributed by atoms with Crippen LogP contribution in [0.5, 0.6) is 0 Å². The summed E-state index contributed by atoms with van der Waals surface area (Å²) >= 11 is 2.07. The summed E-state index contributed by atoms with van der Waals surface area (Å²) in [5.41, 5.74) is 0. The standard InChI is InChI=1S/C15H28N2S/c1-18-12-8-7-11(10-12)17-15-5-2-4-13(15)14-6-3-9-16-14/h11-17H,2-10H2,1H3. The smallest absolute Gasteiger partial charge is 0.0113 e. The van der Waals surface area contributed by atoms with Crippen molar-refractivity contribution in [2.45, 2.75) is 74.7 Å². The molecule has 2 N–H and O–H groups in total. The highest BCUT2D eigenvalue weighted by Crippen LogP contribution is 2.34. The summed E-state index contributed by atoms with van der Waals surface area (Å²) in [6.07, 6.45) is 13.6. The van der Waals surface area contributed by atoms with Gasteiger partial charge in [0.25, 0.3) is 0 Å². The fourth-order valence-electron chi connectivity index (χ4n) is 4.36. The van der Waals surface area contributed by atoms with Gasteiger partial charge in [0.15, 0.2) is 0 Å². The van der Waals surface area contributed by atoms with Crippen LogP contribution in [0.2, 0.25) is 0 Å². The lowest BCUT2D eigenvalue weighted by molar-refractivity contribution is 0.298. The van der Waals surface area contributed by atoms with Crippen molar-refractivity contribution in [1.29, 1.82) is 0 Å². The van der Waals surface area contributed by atoms with Gasteiger partial charge in [0, 0.05) is 23.4 Å². The van der Waals surface area contributed by atoms with Gasteiger partial charge in [0.05, 0.1) is 0 Å². The van der Waals surface area contributed by atoms with Gasteiger partial charge in [-0.25, -0.2) is 0 Å². The molecule has 0 amide bonds. The highest BCUT2D eigenvalue weighted by Gasteiger charge is 2.36. The molecular weight excluding hydrogens is 240 g/mol. The summed E-state index contributed by atoms with van der Waals surface area (Å²) in [5.74, 6) is 0.917. The topological polar surface area (TPSA) is 24.1 Å². The van der Waals surface area contributed by atoms with Gasteiger partial charge >= 0.3 is 0 Å². The Labute approximate surface area is 116 Å². The third-order valence-electron chi connectivity index (χ3n) is 5.35. The van der Waals surface area contributed by atoms with E-state index in [0.717, 1.165) is 29.3 Å². The van der Waals surface area contributed by atoms with Crippen molar-refractivity contribution in [3.63, 3.8) is 0 Å². The zero-order chi connectivity index (χ0) is 12.4. The maximum Gasteiger partial charge on any atom is 0.0113 e. The number of nitrogens with one attached hydrogen (secondary N) is 2. The van der Waals surface area contributed by atoms with E-state index in [9.17, 15) is 0 Å². The molecule has 2 nitrogen and oxygen atoms in total. The fraction of sp³-hybridized carbons (Fsp3) is 1.00. The second kappa shape index (κ2) is 6.15. The van der Waals surface area contributed by atoms with Gasteiger partial charge in [-0.05, 0) is 63.7 Å². The van der Waals surface area contributed by atoms with Crippen LogP contribution >= 0.6 is 11.8 Å². The molecule has 2 aliphatic carbocycles. The van der Waals surface area contributed by atoms with Crippen LogP contribution in [0.25, 0.3) is 0 Å². The molecule has 0 spiro atoms. The molecule has 1 aliphatic heterocycles. The largest absolute Gasteiger partial charge is 0.314 e. The van der Waals surface area contributed by atoms with E-state index < -0.39 is 0 Å². The highest BCUT2D eigenvalue weighted by molar-refractivity contribution is 7.99. The van der Waals surface area contributed by atoms with Crippen LogP contribution < -0.4 is 10.6 Å². The SMILES string of the molecule is CSC1CCC(NC2CCCC2C2CCCN2)C1. The first-order valence-electron chi connectivity index (χ1n) is 7.89. The van der Waals surface area contributed by atoms with E-state index >= 15 is 0 Å². The van der Waals surface area contributed by atoms with Crippen LogP contribution in [-0.2, 0) is 0 Å². The molecule has 5 atom stereocenters. The molecule has 1 heterocycles. The predicted molar refractivity (Wildman–Crippen MR) is 80.2 cm³/mol. The lowest BCUT2D eigenvalue weighted by Gasteiger charge is -2.29. The molecule has 0 aromatic rings. The number of hydrogen-bond acceptors (Lipinski definition) is 3. The van der Waals surface area contributed by atoms with Crippen LogP contribution in [0.1, 0.15) is 51.4 Å². The summed E-state index contributed by atoms with van der Waals surface area (Å²) in [5, 5.41) is 8.67. The van der Waals surface area contributed by atoms with Crippen LogP contribution in [0, 0.1) is 5.92 Å². The van der Waals surface area contributed by atoms with E-state index in [1.807, 2.05) is 0 Å². The molecule has 0 aromatic heterocycles. The summed E-state index contributed by atoms with van der Waals surface area (Å²) in [4.78, 5) is 0. The van der Waals surface area contributed by atoms with E-state index in [1.54, 1.807) is 0 Å². The molecule has 0 aromatic carbocycles. The average Bonchev–Trinajstić information content (AvgIpc) is 3.09. The van der Waals surface area contributed by atoms with Crippen molar-refractivity contribution < 1.29 is 0 Å². The molecule has 0 bridgehead atoms. The van der Waals surface area contributed by atoms with Gasteiger partial charge < -0.3 is 10.6 Å². The van der Waals surface area contributed by atoms with Crippen molar-refractivity contribution in [2.75, 3.05) is 12.8 Å². The molecule has 1 saturated heterocycles. The Balaban J connectivity index is 1.52. The van der Waals surface area contributed by atoms with Crippen molar-refractivity contribution in [2.24, 2.45) is 5.92 Å². The number of rotatable bonds is 4. The van der Waals surface area contributed by atoms with E-state index in [4.69, 9.17) is 0 Å². The van der Waals surface area contributed by atoms with Crippen LogP contribution in [-0.4, -0.2) is 36.2 Å². The molecule has 3 heteroatoms. The highest BCUT2D eigenvalue weighted by atomic mass is 32.2. The Kier molecular flexibility index (Phi) is 4.53. The van der Waals surface area contributed by atoms with E-state index in [-0.39, 0.29) is 0 Å². The summed E-state index contributed by atoms with van der Waals surface area (Å²) in [6.45, 7) is 1.26. The van der Waals surface area contributed by atoms with Crippen molar-refractivity contribution in [1.82, 2.24) is 10.6 Å². The van der Waals surface area contributed by atoms with Gasteiger partial charge in [0.1, 0.15) is 0 Å². The van der Waals surface area contributed by atoms with Crippen molar-refractivity contribution in [3.8, 4) is 0 Å².